The van der Waals surface area contributed by atoms with Crippen molar-refractivity contribution in [2.24, 2.45) is 5.92 Å². The minimum absolute atomic E-state index is 0.0437. The van der Waals surface area contributed by atoms with E-state index in [1.54, 1.807) is 0 Å². The Morgan fingerprint density at radius 1 is 1.47 bits per heavy atom. The second kappa shape index (κ2) is 4.15. The summed E-state index contributed by atoms with van der Waals surface area (Å²) in [5.41, 5.74) is -0.909. The van der Waals surface area contributed by atoms with Crippen LogP contribution in [-0.4, -0.2) is 36.5 Å². The van der Waals surface area contributed by atoms with E-state index in [0.29, 0.717) is 19.4 Å². The number of halogens is 2. The highest BCUT2D eigenvalue weighted by Crippen LogP contribution is 2.50. The van der Waals surface area contributed by atoms with E-state index in [2.05, 4.69) is 0 Å². The number of β-amino-alcohol motifs (C(OH)–C–C–N with tert-alkyl or cyclic N) is 1. The molecule has 2 aliphatic rings. The predicted molar refractivity (Wildman–Crippen MR) is 67.8 cm³/mol. The lowest BCUT2D eigenvalue weighted by Crippen LogP contribution is -2.43. The molecule has 0 aromatic heterocycles. The predicted octanol–water partition coefficient (Wildman–Crippen LogP) is 1.62. The first-order valence-corrected chi connectivity index (χ1v) is 7.82. The molecule has 1 saturated heterocycles. The molecule has 0 bridgehead atoms. The molecule has 7 heteroatoms. The van der Waals surface area contributed by atoms with Crippen molar-refractivity contribution in [1.29, 1.82) is 0 Å². The van der Waals surface area contributed by atoms with E-state index in [9.17, 15) is 17.9 Å². The number of rotatable bonds is 2. The first-order chi connectivity index (χ1) is 8.83. The van der Waals surface area contributed by atoms with Crippen molar-refractivity contribution in [3.8, 4) is 0 Å². The molecule has 1 heterocycles. The van der Waals surface area contributed by atoms with Crippen LogP contribution in [0.3, 0.4) is 0 Å². The maximum absolute atomic E-state index is 13.8. The Balaban J connectivity index is 1.94. The van der Waals surface area contributed by atoms with E-state index in [1.807, 2.05) is 0 Å². The van der Waals surface area contributed by atoms with Crippen LogP contribution in [-0.2, 0) is 10.0 Å². The number of sulfonamides is 1. The lowest BCUT2D eigenvalue weighted by atomic mass is 10.1. The Hall–Kier alpha value is -0.690. The molecule has 0 spiro atoms. The van der Waals surface area contributed by atoms with Crippen LogP contribution < -0.4 is 0 Å². The summed E-state index contributed by atoms with van der Waals surface area (Å²) < 4.78 is 39.6. The van der Waals surface area contributed by atoms with E-state index in [-0.39, 0.29) is 22.4 Å². The first-order valence-electron chi connectivity index (χ1n) is 6.00. The van der Waals surface area contributed by atoms with Gasteiger partial charge in [-0.3, -0.25) is 0 Å². The molecule has 2 fully saturated rings. The molecule has 104 valence electrons. The average Bonchev–Trinajstić information content (AvgIpc) is 2.98. The van der Waals surface area contributed by atoms with E-state index in [4.69, 9.17) is 11.6 Å². The van der Waals surface area contributed by atoms with Crippen molar-refractivity contribution in [2.45, 2.75) is 23.3 Å². The van der Waals surface area contributed by atoms with Gasteiger partial charge in [0.1, 0.15) is 10.7 Å². The third-order valence-corrected chi connectivity index (χ3v) is 6.00. The molecule has 0 radical (unpaired) electrons. The molecule has 1 aromatic carbocycles. The number of fused-ring (bicyclic) bond motifs is 1. The summed E-state index contributed by atoms with van der Waals surface area (Å²) in [5.74, 6) is -0.675. The molecule has 1 aliphatic heterocycles. The third-order valence-electron chi connectivity index (χ3n) is 3.89. The summed E-state index contributed by atoms with van der Waals surface area (Å²) in [6, 6.07) is 3.49. The Bertz CT molecular complexity index is 636. The van der Waals surface area contributed by atoms with Gasteiger partial charge in [0, 0.05) is 18.1 Å². The SMILES string of the molecule is O=S(=O)(c1ccc(Cl)cc1F)N1CC[C@@H]2C[C@]2(O)C1. The van der Waals surface area contributed by atoms with Crippen molar-refractivity contribution in [1.82, 2.24) is 4.31 Å². The number of benzene rings is 1. The molecule has 1 aromatic rings. The van der Waals surface area contributed by atoms with Gasteiger partial charge in [-0.1, -0.05) is 11.6 Å². The fraction of sp³-hybridized carbons (Fsp3) is 0.500. The lowest BCUT2D eigenvalue weighted by molar-refractivity contribution is 0.0829. The summed E-state index contributed by atoms with van der Waals surface area (Å²) in [6.07, 6.45) is 1.24. The maximum Gasteiger partial charge on any atom is 0.246 e. The molecule has 3 rings (SSSR count). The number of hydrogen-bond donors (Lipinski definition) is 1. The van der Waals surface area contributed by atoms with Gasteiger partial charge in [-0.15, -0.1) is 0 Å². The molecule has 2 atom stereocenters. The second-order valence-electron chi connectivity index (χ2n) is 5.21. The molecule has 1 saturated carbocycles. The largest absolute Gasteiger partial charge is 0.388 e. The Morgan fingerprint density at radius 2 is 2.21 bits per heavy atom. The monoisotopic (exact) mass is 305 g/mol. The van der Waals surface area contributed by atoms with Crippen LogP contribution >= 0.6 is 11.6 Å². The number of nitrogens with zero attached hydrogens (tertiary/aromatic N) is 1. The van der Waals surface area contributed by atoms with Crippen molar-refractivity contribution in [3.63, 3.8) is 0 Å². The van der Waals surface area contributed by atoms with Gasteiger partial charge >= 0.3 is 0 Å². The van der Waals surface area contributed by atoms with Crippen LogP contribution in [0.2, 0.25) is 5.02 Å². The van der Waals surface area contributed by atoms with E-state index in [0.717, 1.165) is 16.4 Å². The second-order valence-corrected chi connectivity index (χ2v) is 7.55. The highest BCUT2D eigenvalue weighted by molar-refractivity contribution is 7.89. The minimum Gasteiger partial charge on any atom is -0.388 e. The topological polar surface area (TPSA) is 57.6 Å². The van der Waals surface area contributed by atoms with Crippen LogP contribution in [0.25, 0.3) is 0 Å². The average molecular weight is 306 g/mol. The van der Waals surface area contributed by atoms with Crippen molar-refractivity contribution >= 4 is 21.6 Å². The van der Waals surface area contributed by atoms with E-state index >= 15 is 0 Å². The molecule has 19 heavy (non-hydrogen) atoms. The Labute approximate surface area is 115 Å². The fourth-order valence-corrected chi connectivity index (χ4v) is 4.37. The van der Waals surface area contributed by atoms with Crippen LogP contribution in [0.4, 0.5) is 4.39 Å². The van der Waals surface area contributed by atoms with Gasteiger partial charge in [-0.25, -0.2) is 12.8 Å². The van der Waals surface area contributed by atoms with Gasteiger partial charge in [-0.2, -0.15) is 4.31 Å². The van der Waals surface area contributed by atoms with E-state index < -0.39 is 21.4 Å². The summed E-state index contributed by atoms with van der Waals surface area (Å²) in [4.78, 5) is -0.389. The van der Waals surface area contributed by atoms with Crippen molar-refractivity contribution < 1.29 is 17.9 Å². The van der Waals surface area contributed by atoms with Crippen LogP contribution in [0.5, 0.6) is 0 Å². The van der Waals surface area contributed by atoms with Crippen molar-refractivity contribution in [2.75, 3.05) is 13.1 Å². The van der Waals surface area contributed by atoms with E-state index in [1.165, 1.54) is 6.07 Å². The van der Waals surface area contributed by atoms with Gasteiger partial charge < -0.3 is 5.11 Å². The quantitative estimate of drug-likeness (QED) is 0.903. The van der Waals surface area contributed by atoms with Gasteiger partial charge in [0.2, 0.25) is 10.0 Å². The molecular formula is C12H13ClFNO3S. The lowest BCUT2D eigenvalue weighted by Gasteiger charge is -2.29. The fourth-order valence-electron chi connectivity index (χ4n) is 2.65. The third kappa shape index (κ3) is 2.16. The van der Waals surface area contributed by atoms with Crippen LogP contribution in [0, 0.1) is 11.7 Å². The Kier molecular flexibility index (Phi) is 2.91. The normalized spacial score (nSPS) is 31.0. The summed E-state index contributed by atoms with van der Waals surface area (Å²) in [5, 5.41) is 10.2. The van der Waals surface area contributed by atoms with Crippen LogP contribution in [0.15, 0.2) is 23.1 Å². The first kappa shape index (κ1) is 13.3. The smallest absolute Gasteiger partial charge is 0.246 e. The van der Waals surface area contributed by atoms with Crippen LogP contribution in [0.1, 0.15) is 12.8 Å². The molecule has 0 unspecified atom stereocenters. The maximum atomic E-state index is 13.8. The molecule has 1 N–H and O–H groups in total. The Morgan fingerprint density at radius 3 is 2.84 bits per heavy atom. The molecular weight excluding hydrogens is 293 g/mol. The molecule has 4 nitrogen and oxygen atoms in total. The zero-order valence-corrected chi connectivity index (χ0v) is 11.6. The highest BCUT2D eigenvalue weighted by atomic mass is 35.5. The van der Waals surface area contributed by atoms with Gasteiger partial charge in [0.05, 0.1) is 5.60 Å². The number of aliphatic hydroxyl groups is 1. The standard InChI is InChI=1S/C12H13ClFNO3S/c13-9-1-2-11(10(14)5-9)19(17,18)15-4-3-8-6-12(8,16)7-15/h1-2,5,8,16H,3-4,6-7H2/t8-,12+/m1/s1. The van der Waals surface area contributed by atoms with Gasteiger partial charge in [-0.05, 0) is 37.0 Å². The zero-order chi connectivity index (χ0) is 13.8. The minimum atomic E-state index is -3.91. The highest BCUT2D eigenvalue weighted by Gasteiger charge is 2.57. The zero-order valence-electron chi connectivity index (χ0n) is 10.0. The molecule has 0 amide bonds. The van der Waals surface area contributed by atoms with Crippen molar-refractivity contribution in [3.05, 3.63) is 29.0 Å². The summed E-state index contributed by atoms with van der Waals surface area (Å²) in [7, 11) is -3.91. The summed E-state index contributed by atoms with van der Waals surface area (Å²) >= 11 is 5.62. The van der Waals surface area contributed by atoms with Gasteiger partial charge in [0.25, 0.3) is 0 Å². The molecule has 1 aliphatic carbocycles. The van der Waals surface area contributed by atoms with Gasteiger partial charge in [0.15, 0.2) is 0 Å². The number of hydrogen-bond acceptors (Lipinski definition) is 3. The number of piperidine rings is 1. The summed E-state index contributed by atoms with van der Waals surface area (Å²) in [6.45, 7) is 0.361.